The van der Waals surface area contributed by atoms with E-state index in [1.165, 1.54) is 70.6 Å². The fourth-order valence-corrected chi connectivity index (χ4v) is 6.54. The van der Waals surface area contributed by atoms with Gasteiger partial charge in [0, 0.05) is 19.3 Å². The van der Waals surface area contributed by atoms with Crippen LogP contribution in [0.25, 0.3) is 0 Å². The molecule has 0 aliphatic carbocycles. The van der Waals surface area contributed by atoms with Crippen molar-refractivity contribution in [3.8, 4) is 0 Å². The van der Waals surface area contributed by atoms with Gasteiger partial charge in [-0.2, -0.15) is 0 Å². The summed E-state index contributed by atoms with van der Waals surface area (Å²) in [6.07, 6.45) is 63.9. The van der Waals surface area contributed by atoms with Crippen molar-refractivity contribution in [3.63, 3.8) is 0 Å². The molecular weight excluding hydrogens is 757 g/mol. The van der Waals surface area contributed by atoms with Crippen molar-refractivity contribution in [3.05, 3.63) is 97.2 Å². The van der Waals surface area contributed by atoms with Gasteiger partial charge in [0.15, 0.2) is 6.10 Å². The van der Waals surface area contributed by atoms with E-state index in [9.17, 15) is 14.4 Å². The first-order valence-electron chi connectivity index (χ1n) is 24.8. The summed E-state index contributed by atoms with van der Waals surface area (Å²) in [7, 11) is 0. The lowest BCUT2D eigenvalue weighted by molar-refractivity contribution is -0.167. The van der Waals surface area contributed by atoms with Gasteiger partial charge in [0.1, 0.15) is 13.2 Å². The minimum absolute atomic E-state index is 0.100. The van der Waals surface area contributed by atoms with Crippen molar-refractivity contribution >= 4 is 17.9 Å². The van der Waals surface area contributed by atoms with Crippen LogP contribution >= 0.6 is 0 Å². The SMILES string of the molecule is CC\C=C/C=C\C=C/C=C\C=C/CCCCCC(=O)OCC(COC(=O)CCCCCCCCCCCCCCCC)OC(=O)CCCCCC/C=C\C/C=C\C/C=C\CC. The summed E-state index contributed by atoms with van der Waals surface area (Å²) in [5.41, 5.74) is 0. The Morgan fingerprint density at radius 1 is 0.361 bits per heavy atom. The summed E-state index contributed by atoms with van der Waals surface area (Å²) in [5, 5.41) is 0. The van der Waals surface area contributed by atoms with Crippen LogP contribution in [0.2, 0.25) is 0 Å². The van der Waals surface area contributed by atoms with E-state index in [2.05, 4.69) is 69.4 Å². The third-order valence-electron chi connectivity index (χ3n) is 10.2. The van der Waals surface area contributed by atoms with Crippen molar-refractivity contribution in [2.45, 2.75) is 219 Å². The predicted octanol–water partition coefficient (Wildman–Crippen LogP) is 16.2. The Hall–Kier alpha value is -3.67. The van der Waals surface area contributed by atoms with Crippen LogP contribution in [0.4, 0.5) is 0 Å². The van der Waals surface area contributed by atoms with Crippen LogP contribution in [-0.4, -0.2) is 37.2 Å². The zero-order valence-electron chi connectivity index (χ0n) is 39.4. The molecule has 0 saturated carbocycles. The maximum atomic E-state index is 12.8. The lowest BCUT2D eigenvalue weighted by Gasteiger charge is -2.18. The van der Waals surface area contributed by atoms with Crippen LogP contribution < -0.4 is 0 Å². The molecule has 0 radical (unpaired) electrons. The first kappa shape index (κ1) is 57.3. The minimum Gasteiger partial charge on any atom is -0.462 e. The molecule has 346 valence electrons. The smallest absolute Gasteiger partial charge is 0.306 e. The van der Waals surface area contributed by atoms with E-state index in [1.807, 2.05) is 48.6 Å². The van der Waals surface area contributed by atoms with Crippen LogP contribution in [0.1, 0.15) is 213 Å². The van der Waals surface area contributed by atoms with Crippen molar-refractivity contribution in [2.75, 3.05) is 13.2 Å². The van der Waals surface area contributed by atoms with Gasteiger partial charge in [0.2, 0.25) is 0 Å². The summed E-state index contributed by atoms with van der Waals surface area (Å²) in [4.78, 5) is 37.9. The molecule has 0 aliphatic heterocycles. The number of esters is 3. The molecule has 0 aromatic rings. The first-order chi connectivity index (χ1) is 30.0. The van der Waals surface area contributed by atoms with E-state index in [4.69, 9.17) is 14.2 Å². The van der Waals surface area contributed by atoms with Crippen LogP contribution in [0.15, 0.2) is 97.2 Å². The molecule has 0 aliphatic rings. The Balaban J connectivity index is 4.50. The van der Waals surface area contributed by atoms with E-state index in [1.54, 1.807) is 0 Å². The number of hydrogen-bond donors (Lipinski definition) is 0. The molecule has 0 heterocycles. The summed E-state index contributed by atoms with van der Waals surface area (Å²) in [6, 6.07) is 0. The van der Waals surface area contributed by atoms with Crippen molar-refractivity contribution in [1.29, 1.82) is 0 Å². The van der Waals surface area contributed by atoms with Crippen LogP contribution in [0.3, 0.4) is 0 Å². The summed E-state index contributed by atoms with van der Waals surface area (Å²) < 4.78 is 16.7. The van der Waals surface area contributed by atoms with Crippen LogP contribution in [0.5, 0.6) is 0 Å². The van der Waals surface area contributed by atoms with Crippen molar-refractivity contribution < 1.29 is 28.6 Å². The highest BCUT2D eigenvalue weighted by molar-refractivity contribution is 5.71. The molecule has 0 bridgehead atoms. The molecule has 1 atom stereocenters. The van der Waals surface area contributed by atoms with E-state index < -0.39 is 6.10 Å². The third-order valence-corrected chi connectivity index (χ3v) is 10.2. The van der Waals surface area contributed by atoms with Crippen molar-refractivity contribution in [2.24, 2.45) is 0 Å². The van der Waals surface area contributed by atoms with Gasteiger partial charge in [-0.3, -0.25) is 14.4 Å². The first-order valence-corrected chi connectivity index (χ1v) is 24.8. The number of ether oxygens (including phenoxy) is 3. The minimum atomic E-state index is -0.805. The quantitative estimate of drug-likeness (QED) is 0.0200. The topological polar surface area (TPSA) is 78.9 Å². The molecule has 0 rings (SSSR count). The van der Waals surface area contributed by atoms with Gasteiger partial charge in [0.05, 0.1) is 0 Å². The number of carbonyl (C=O) groups excluding carboxylic acids is 3. The maximum Gasteiger partial charge on any atom is 0.306 e. The molecule has 0 fully saturated rings. The second-order valence-electron chi connectivity index (χ2n) is 16.1. The Morgan fingerprint density at radius 2 is 0.721 bits per heavy atom. The lowest BCUT2D eigenvalue weighted by Crippen LogP contribution is -2.30. The average Bonchev–Trinajstić information content (AvgIpc) is 3.26. The average molecular weight is 847 g/mol. The van der Waals surface area contributed by atoms with Gasteiger partial charge < -0.3 is 14.2 Å². The second kappa shape index (κ2) is 49.0. The Morgan fingerprint density at radius 3 is 1.21 bits per heavy atom. The molecule has 0 aromatic heterocycles. The van der Waals surface area contributed by atoms with Crippen LogP contribution in [-0.2, 0) is 28.6 Å². The van der Waals surface area contributed by atoms with Gasteiger partial charge in [-0.25, -0.2) is 0 Å². The normalized spacial score (nSPS) is 12.9. The molecule has 0 saturated heterocycles. The highest BCUT2D eigenvalue weighted by Gasteiger charge is 2.19. The van der Waals surface area contributed by atoms with Gasteiger partial charge in [-0.1, -0.05) is 221 Å². The number of hydrogen-bond acceptors (Lipinski definition) is 6. The Kier molecular flexibility index (Phi) is 46.0. The largest absolute Gasteiger partial charge is 0.462 e. The highest BCUT2D eigenvalue weighted by Crippen LogP contribution is 2.14. The number of unbranched alkanes of at least 4 members (excludes halogenated alkanes) is 20. The second-order valence-corrected chi connectivity index (χ2v) is 16.1. The zero-order chi connectivity index (χ0) is 44.4. The number of carbonyl (C=O) groups is 3. The molecule has 6 heteroatoms. The number of rotatable bonds is 43. The highest BCUT2D eigenvalue weighted by atomic mass is 16.6. The monoisotopic (exact) mass is 847 g/mol. The Labute approximate surface area is 375 Å². The maximum absolute atomic E-state index is 12.8. The lowest BCUT2D eigenvalue weighted by atomic mass is 10.0. The third kappa shape index (κ3) is 47.2. The molecule has 1 unspecified atom stereocenters. The fourth-order valence-electron chi connectivity index (χ4n) is 6.54. The summed E-state index contributed by atoms with van der Waals surface area (Å²) in [5.74, 6) is -0.970. The summed E-state index contributed by atoms with van der Waals surface area (Å²) in [6.45, 7) is 6.31. The van der Waals surface area contributed by atoms with Gasteiger partial charge >= 0.3 is 17.9 Å². The molecule has 0 amide bonds. The molecule has 0 spiro atoms. The molecule has 61 heavy (non-hydrogen) atoms. The van der Waals surface area contributed by atoms with Crippen LogP contribution in [0, 0.1) is 0 Å². The summed E-state index contributed by atoms with van der Waals surface area (Å²) >= 11 is 0. The predicted molar refractivity (Wildman–Crippen MR) is 260 cm³/mol. The fraction of sp³-hybridized carbons (Fsp3) is 0.655. The van der Waals surface area contributed by atoms with E-state index in [-0.39, 0.29) is 31.1 Å². The molecule has 6 nitrogen and oxygen atoms in total. The van der Waals surface area contributed by atoms with Gasteiger partial charge in [-0.15, -0.1) is 0 Å². The van der Waals surface area contributed by atoms with E-state index in [0.717, 1.165) is 103 Å². The van der Waals surface area contributed by atoms with E-state index in [0.29, 0.717) is 19.3 Å². The Bertz CT molecular complexity index is 1250. The van der Waals surface area contributed by atoms with Crippen molar-refractivity contribution in [1.82, 2.24) is 0 Å². The van der Waals surface area contributed by atoms with E-state index >= 15 is 0 Å². The molecule has 0 N–H and O–H groups in total. The zero-order valence-corrected chi connectivity index (χ0v) is 39.4. The van der Waals surface area contributed by atoms with Gasteiger partial charge in [-0.05, 0) is 70.6 Å². The van der Waals surface area contributed by atoms with Gasteiger partial charge in [0.25, 0.3) is 0 Å². The number of allylic oxidation sites excluding steroid dienone is 16. The molecule has 0 aromatic carbocycles. The standard InChI is InChI=1S/C55H90O6/c1-4-7-10-13-16-19-22-25-28-31-33-36-39-42-45-48-54(57)60-51-52(61-55(58)49-46-43-40-37-34-30-27-24-21-18-15-12-9-6-3)50-59-53(56)47-44-41-38-35-32-29-26-23-20-17-14-11-8-5-2/h7,9-10,12-13,16,18-19,21-22,25,27-28,30-31,33,52H,4-6,8,11,14-15,17,20,23-24,26,29,32,34-51H2,1-3H3/b10-7-,12-9-,16-13-,21-18-,22-19-,28-25-,30-27-,33-31-. The molecular formula is C55H90O6.